The molecular formula is C17H16ClN5O3. The summed E-state index contributed by atoms with van der Waals surface area (Å²) in [5, 5.41) is 11.0. The lowest BCUT2D eigenvalue weighted by Gasteiger charge is -2.08. The summed E-state index contributed by atoms with van der Waals surface area (Å²) in [5.41, 5.74) is 7.21. The fourth-order valence-electron chi connectivity index (χ4n) is 2.29. The SMILES string of the molecule is COc1ccc(NC(=O)c2nnn(-c3ccc(Cl)c(OC)c3)c2N)cc1. The van der Waals surface area contributed by atoms with E-state index in [1.807, 2.05) is 0 Å². The van der Waals surface area contributed by atoms with Crippen LogP contribution in [0.25, 0.3) is 5.69 Å². The second-order valence-electron chi connectivity index (χ2n) is 5.24. The molecule has 0 fully saturated rings. The number of nitrogens with one attached hydrogen (secondary N) is 1. The maximum Gasteiger partial charge on any atom is 0.280 e. The van der Waals surface area contributed by atoms with E-state index in [-0.39, 0.29) is 11.5 Å². The molecule has 0 aliphatic heterocycles. The van der Waals surface area contributed by atoms with Gasteiger partial charge in [0.15, 0.2) is 11.5 Å². The van der Waals surface area contributed by atoms with Crippen LogP contribution >= 0.6 is 11.6 Å². The second kappa shape index (κ2) is 7.32. The summed E-state index contributed by atoms with van der Waals surface area (Å²) >= 11 is 6.02. The quantitative estimate of drug-likeness (QED) is 0.712. The highest BCUT2D eigenvalue weighted by Gasteiger charge is 2.19. The average molecular weight is 374 g/mol. The number of nitrogen functional groups attached to an aromatic ring is 1. The molecule has 3 aromatic rings. The van der Waals surface area contributed by atoms with Crippen LogP contribution < -0.4 is 20.5 Å². The second-order valence-corrected chi connectivity index (χ2v) is 5.64. The number of hydrogen-bond acceptors (Lipinski definition) is 6. The molecule has 1 heterocycles. The van der Waals surface area contributed by atoms with Crippen LogP contribution in [0.2, 0.25) is 5.02 Å². The van der Waals surface area contributed by atoms with Crippen molar-refractivity contribution in [1.29, 1.82) is 0 Å². The van der Waals surface area contributed by atoms with E-state index in [0.29, 0.717) is 27.9 Å². The Hall–Kier alpha value is -3.26. The van der Waals surface area contributed by atoms with Crippen molar-refractivity contribution in [3.05, 3.63) is 53.2 Å². The summed E-state index contributed by atoms with van der Waals surface area (Å²) in [5.74, 6) is 0.772. The molecule has 2 aromatic carbocycles. The molecule has 1 aromatic heterocycles. The summed E-state index contributed by atoms with van der Waals surface area (Å²) in [6.45, 7) is 0. The van der Waals surface area contributed by atoms with Gasteiger partial charge in [-0.1, -0.05) is 16.8 Å². The largest absolute Gasteiger partial charge is 0.497 e. The number of ether oxygens (including phenoxy) is 2. The van der Waals surface area contributed by atoms with Gasteiger partial charge in [-0.05, 0) is 36.4 Å². The number of methoxy groups -OCH3 is 2. The van der Waals surface area contributed by atoms with Crippen LogP contribution in [0.15, 0.2) is 42.5 Å². The van der Waals surface area contributed by atoms with Gasteiger partial charge in [-0.15, -0.1) is 5.10 Å². The molecule has 3 N–H and O–H groups in total. The van der Waals surface area contributed by atoms with Crippen molar-refractivity contribution in [3.63, 3.8) is 0 Å². The first kappa shape index (κ1) is 17.6. The first-order chi connectivity index (χ1) is 12.5. The molecule has 8 nitrogen and oxygen atoms in total. The van der Waals surface area contributed by atoms with Gasteiger partial charge in [0.1, 0.15) is 11.5 Å². The van der Waals surface area contributed by atoms with Gasteiger partial charge in [-0.2, -0.15) is 4.68 Å². The Morgan fingerprint density at radius 2 is 1.88 bits per heavy atom. The Balaban J connectivity index is 1.84. The average Bonchev–Trinajstić information content (AvgIpc) is 3.04. The maximum atomic E-state index is 12.4. The van der Waals surface area contributed by atoms with E-state index in [1.54, 1.807) is 49.6 Å². The summed E-state index contributed by atoms with van der Waals surface area (Å²) < 4.78 is 11.6. The van der Waals surface area contributed by atoms with Crippen LogP contribution in [0.3, 0.4) is 0 Å². The molecule has 0 spiro atoms. The van der Waals surface area contributed by atoms with Gasteiger partial charge in [0.2, 0.25) is 0 Å². The monoisotopic (exact) mass is 373 g/mol. The standard InChI is InChI=1S/C17H16ClN5O3/c1-25-12-6-3-10(4-7-12)20-17(24)15-16(19)23(22-21-15)11-5-8-13(18)14(9-11)26-2/h3-9H,19H2,1-2H3,(H,20,24). The minimum Gasteiger partial charge on any atom is -0.497 e. The van der Waals surface area contributed by atoms with E-state index < -0.39 is 5.91 Å². The Morgan fingerprint density at radius 3 is 2.54 bits per heavy atom. The Bertz CT molecular complexity index is 940. The predicted molar refractivity (Wildman–Crippen MR) is 98.3 cm³/mol. The Kier molecular flexibility index (Phi) is 4.94. The van der Waals surface area contributed by atoms with E-state index in [2.05, 4.69) is 15.6 Å². The first-order valence-corrected chi connectivity index (χ1v) is 7.91. The van der Waals surface area contributed by atoms with Crippen LogP contribution in [0.1, 0.15) is 10.5 Å². The molecule has 9 heteroatoms. The number of carbonyl (C=O) groups excluding carboxylic acids is 1. The van der Waals surface area contributed by atoms with Crippen molar-refractivity contribution < 1.29 is 14.3 Å². The first-order valence-electron chi connectivity index (χ1n) is 7.54. The van der Waals surface area contributed by atoms with E-state index in [0.717, 1.165) is 0 Å². The summed E-state index contributed by atoms with van der Waals surface area (Å²) in [7, 11) is 3.07. The summed E-state index contributed by atoms with van der Waals surface area (Å²) in [6, 6.07) is 11.9. The van der Waals surface area contributed by atoms with Gasteiger partial charge < -0.3 is 20.5 Å². The van der Waals surface area contributed by atoms with Crippen LogP contribution in [-0.2, 0) is 0 Å². The zero-order chi connectivity index (χ0) is 18.7. The fraction of sp³-hybridized carbons (Fsp3) is 0.118. The number of anilines is 2. The van der Waals surface area contributed by atoms with Crippen molar-refractivity contribution in [2.75, 3.05) is 25.3 Å². The molecular weight excluding hydrogens is 358 g/mol. The zero-order valence-electron chi connectivity index (χ0n) is 14.1. The molecule has 0 bridgehead atoms. The van der Waals surface area contributed by atoms with Gasteiger partial charge in [-0.25, -0.2) is 0 Å². The molecule has 134 valence electrons. The molecule has 0 saturated heterocycles. The number of nitrogens with two attached hydrogens (primary N) is 1. The molecule has 0 radical (unpaired) electrons. The van der Waals surface area contributed by atoms with Crippen molar-refractivity contribution >= 4 is 29.0 Å². The number of nitrogens with zero attached hydrogens (tertiary/aromatic N) is 3. The third-order valence-electron chi connectivity index (χ3n) is 3.65. The highest BCUT2D eigenvalue weighted by molar-refractivity contribution is 6.32. The lowest BCUT2D eigenvalue weighted by Crippen LogP contribution is -2.15. The van der Waals surface area contributed by atoms with Crippen LogP contribution in [0.5, 0.6) is 11.5 Å². The lowest BCUT2D eigenvalue weighted by molar-refractivity contribution is 0.102. The van der Waals surface area contributed by atoms with Gasteiger partial charge in [0.05, 0.1) is 24.9 Å². The van der Waals surface area contributed by atoms with Gasteiger partial charge in [0.25, 0.3) is 5.91 Å². The molecule has 26 heavy (non-hydrogen) atoms. The van der Waals surface area contributed by atoms with Crippen molar-refractivity contribution in [2.24, 2.45) is 0 Å². The molecule has 3 rings (SSSR count). The Morgan fingerprint density at radius 1 is 1.15 bits per heavy atom. The number of amides is 1. The summed E-state index contributed by atoms with van der Waals surface area (Å²) in [4.78, 5) is 12.4. The molecule has 0 atom stereocenters. The third kappa shape index (κ3) is 3.40. The van der Waals surface area contributed by atoms with Gasteiger partial charge >= 0.3 is 0 Å². The smallest absolute Gasteiger partial charge is 0.280 e. The topological polar surface area (TPSA) is 104 Å². The van der Waals surface area contributed by atoms with Crippen molar-refractivity contribution in [3.8, 4) is 17.2 Å². The number of benzene rings is 2. The minimum atomic E-state index is -0.472. The number of carbonyl (C=O) groups is 1. The maximum absolute atomic E-state index is 12.4. The van der Waals surface area contributed by atoms with Crippen molar-refractivity contribution in [1.82, 2.24) is 15.0 Å². The van der Waals surface area contributed by atoms with E-state index >= 15 is 0 Å². The predicted octanol–water partition coefficient (Wildman–Crippen LogP) is 2.77. The summed E-state index contributed by atoms with van der Waals surface area (Å²) in [6.07, 6.45) is 0. The molecule has 0 unspecified atom stereocenters. The number of aromatic nitrogens is 3. The number of hydrogen-bond donors (Lipinski definition) is 2. The van der Waals surface area contributed by atoms with E-state index in [1.165, 1.54) is 11.8 Å². The van der Waals surface area contributed by atoms with Gasteiger partial charge in [-0.3, -0.25) is 4.79 Å². The highest BCUT2D eigenvalue weighted by atomic mass is 35.5. The number of rotatable bonds is 5. The molecule has 0 aliphatic rings. The fourth-order valence-corrected chi connectivity index (χ4v) is 2.48. The highest BCUT2D eigenvalue weighted by Crippen LogP contribution is 2.28. The van der Waals surface area contributed by atoms with E-state index in [9.17, 15) is 4.79 Å². The van der Waals surface area contributed by atoms with Crippen LogP contribution in [-0.4, -0.2) is 35.1 Å². The van der Waals surface area contributed by atoms with Gasteiger partial charge in [0, 0.05) is 11.8 Å². The van der Waals surface area contributed by atoms with E-state index in [4.69, 9.17) is 26.8 Å². The van der Waals surface area contributed by atoms with Crippen LogP contribution in [0, 0.1) is 0 Å². The van der Waals surface area contributed by atoms with Crippen molar-refractivity contribution in [2.45, 2.75) is 0 Å². The zero-order valence-corrected chi connectivity index (χ0v) is 14.8. The third-order valence-corrected chi connectivity index (χ3v) is 3.96. The number of halogens is 1. The minimum absolute atomic E-state index is 0.00901. The normalized spacial score (nSPS) is 10.4. The van der Waals surface area contributed by atoms with Crippen LogP contribution in [0.4, 0.5) is 11.5 Å². The lowest BCUT2D eigenvalue weighted by atomic mass is 10.2. The molecule has 0 aliphatic carbocycles. The molecule has 0 saturated carbocycles. The Labute approximate surface area is 154 Å². The molecule has 1 amide bonds.